The van der Waals surface area contributed by atoms with E-state index < -0.39 is 0 Å². The maximum absolute atomic E-state index is 12.5. The van der Waals surface area contributed by atoms with E-state index >= 15 is 0 Å². The highest BCUT2D eigenvalue weighted by Gasteiger charge is 2.28. The van der Waals surface area contributed by atoms with Crippen LogP contribution in [0.25, 0.3) is 0 Å². The SMILES string of the molecule is O=C(CN1CCCC1c1ccc[nH]1)Nc1ccc(Oc2ccccc2)cc1. The molecule has 5 nitrogen and oxygen atoms in total. The minimum Gasteiger partial charge on any atom is -0.457 e. The van der Waals surface area contributed by atoms with E-state index in [1.807, 2.05) is 66.9 Å². The lowest BCUT2D eigenvalue weighted by Crippen LogP contribution is -2.33. The largest absolute Gasteiger partial charge is 0.457 e. The summed E-state index contributed by atoms with van der Waals surface area (Å²) in [7, 11) is 0. The van der Waals surface area contributed by atoms with Gasteiger partial charge in [0.15, 0.2) is 0 Å². The molecule has 5 heteroatoms. The number of ether oxygens (including phenoxy) is 1. The molecule has 4 rings (SSSR count). The van der Waals surface area contributed by atoms with E-state index in [0.717, 1.165) is 36.6 Å². The normalized spacial score (nSPS) is 17.0. The molecular weight excluding hydrogens is 338 g/mol. The molecule has 0 aliphatic carbocycles. The van der Waals surface area contributed by atoms with Crippen molar-refractivity contribution >= 4 is 11.6 Å². The zero-order valence-electron chi connectivity index (χ0n) is 15.1. The van der Waals surface area contributed by atoms with Gasteiger partial charge in [-0.1, -0.05) is 18.2 Å². The summed E-state index contributed by atoms with van der Waals surface area (Å²) in [5, 5.41) is 2.98. The number of carbonyl (C=O) groups is 1. The summed E-state index contributed by atoms with van der Waals surface area (Å²) in [6, 6.07) is 21.5. The van der Waals surface area contributed by atoms with Gasteiger partial charge in [0.1, 0.15) is 11.5 Å². The Labute approximate surface area is 159 Å². The number of likely N-dealkylation sites (tertiary alicyclic amines) is 1. The number of amides is 1. The smallest absolute Gasteiger partial charge is 0.238 e. The van der Waals surface area contributed by atoms with Crippen molar-refractivity contribution in [2.24, 2.45) is 0 Å². The Kier molecular flexibility index (Phi) is 5.21. The van der Waals surface area contributed by atoms with Crippen molar-refractivity contribution in [3.8, 4) is 11.5 Å². The molecule has 1 unspecified atom stereocenters. The Bertz CT molecular complexity index is 860. The highest BCUT2D eigenvalue weighted by atomic mass is 16.5. The van der Waals surface area contributed by atoms with Gasteiger partial charge in [-0.25, -0.2) is 0 Å². The molecule has 1 aliphatic heterocycles. The Hall–Kier alpha value is -3.05. The van der Waals surface area contributed by atoms with Crippen LogP contribution < -0.4 is 10.1 Å². The molecule has 2 N–H and O–H groups in total. The maximum Gasteiger partial charge on any atom is 0.238 e. The number of nitrogens with one attached hydrogen (secondary N) is 2. The number of carbonyl (C=O) groups excluding carboxylic acids is 1. The van der Waals surface area contributed by atoms with Crippen molar-refractivity contribution in [3.63, 3.8) is 0 Å². The van der Waals surface area contributed by atoms with Crippen molar-refractivity contribution in [2.75, 3.05) is 18.4 Å². The molecule has 1 saturated heterocycles. The molecule has 0 saturated carbocycles. The van der Waals surface area contributed by atoms with Crippen molar-refractivity contribution in [2.45, 2.75) is 18.9 Å². The minimum atomic E-state index is 0.00480. The van der Waals surface area contributed by atoms with Crippen LogP contribution in [-0.2, 0) is 4.79 Å². The first-order valence-corrected chi connectivity index (χ1v) is 9.28. The summed E-state index contributed by atoms with van der Waals surface area (Å²) in [6.45, 7) is 1.34. The first-order valence-electron chi connectivity index (χ1n) is 9.28. The fourth-order valence-electron chi connectivity index (χ4n) is 3.53. The number of rotatable bonds is 6. The fraction of sp³-hybridized carbons (Fsp3) is 0.227. The van der Waals surface area contributed by atoms with E-state index in [1.165, 1.54) is 5.69 Å². The van der Waals surface area contributed by atoms with E-state index in [1.54, 1.807) is 0 Å². The zero-order chi connectivity index (χ0) is 18.5. The number of nitrogens with zero attached hydrogens (tertiary/aromatic N) is 1. The number of anilines is 1. The molecule has 0 bridgehead atoms. The summed E-state index contributed by atoms with van der Waals surface area (Å²) in [5.74, 6) is 1.54. The molecule has 2 aromatic carbocycles. The van der Waals surface area contributed by atoms with E-state index in [9.17, 15) is 4.79 Å². The van der Waals surface area contributed by atoms with Gasteiger partial charge < -0.3 is 15.0 Å². The fourth-order valence-corrected chi connectivity index (χ4v) is 3.53. The van der Waals surface area contributed by atoms with Crippen LogP contribution in [-0.4, -0.2) is 28.9 Å². The lowest BCUT2D eigenvalue weighted by molar-refractivity contribution is -0.117. The van der Waals surface area contributed by atoms with E-state index in [4.69, 9.17) is 4.74 Å². The van der Waals surface area contributed by atoms with Gasteiger partial charge in [-0.05, 0) is 67.9 Å². The second kappa shape index (κ2) is 8.10. The first kappa shape index (κ1) is 17.4. The van der Waals surface area contributed by atoms with Crippen LogP contribution in [0, 0.1) is 0 Å². The van der Waals surface area contributed by atoms with E-state index in [0.29, 0.717) is 12.6 Å². The monoisotopic (exact) mass is 361 g/mol. The summed E-state index contributed by atoms with van der Waals surface area (Å²) in [4.78, 5) is 18.0. The van der Waals surface area contributed by atoms with Gasteiger partial charge in [0.25, 0.3) is 0 Å². The van der Waals surface area contributed by atoms with Crippen molar-refractivity contribution in [1.82, 2.24) is 9.88 Å². The second-order valence-electron chi connectivity index (χ2n) is 6.74. The summed E-state index contributed by atoms with van der Waals surface area (Å²) in [5.41, 5.74) is 1.96. The molecule has 0 radical (unpaired) electrons. The zero-order valence-corrected chi connectivity index (χ0v) is 15.1. The van der Waals surface area contributed by atoms with Crippen LogP contribution in [0.2, 0.25) is 0 Å². The van der Waals surface area contributed by atoms with Crippen LogP contribution in [0.4, 0.5) is 5.69 Å². The van der Waals surface area contributed by atoms with Crippen LogP contribution in [0.15, 0.2) is 72.9 Å². The number of aromatic nitrogens is 1. The third-order valence-corrected chi connectivity index (χ3v) is 4.81. The van der Waals surface area contributed by atoms with Crippen molar-refractivity contribution in [3.05, 3.63) is 78.6 Å². The molecule has 1 aromatic heterocycles. The third kappa shape index (κ3) is 4.38. The molecular formula is C22H23N3O2. The van der Waals surface area contributed by atoms with Crippen molar-refractivity contribution in [1.29, 1.82) is 0 Å². The quantitative estimate of drug-likeness (QED) is 0.675. The number of para-hydroxylation sites is 1. The molecule has 1 fully saturated rings. The third-order valence-electron chi connectivity index (χ3n) is 4.81. The van der Waals surface area contributed by atoms with Crippen LogP contribution in [0.3, 0.4) is 0 Å². The Morgan fingerprint density at radius 3 is 2.56 bits per heavy atom. The second-order valence-corrected chi connectivity index (χ2v) is 6.74. The van der Waals surface area contributed by atoms with Crippen molar-refractivity contribution < 1.29 is 9.53 Å². The van der Waals surface area contributed by atoms with Crippen LogP contribution in [0.1, 0.15) is 24.6 Å². The topological polar surface area (TPSA) is 57.4 Å². The number of benzene rings is 2. The van der Waals surface area contributed by atoms with Gasteiger partial charge in [0.2, 0.25) is 5.91 Å². The minimum absolute atomic E-state index is 0.00480. The standard InChI is InChI=1S/C22H23N3O2/c26-22(16-25-15-5-9-21(25)20-8-4-14-23-20)24-17-10-12-19(13-11-17)27-18-6-2-1-3-7-18/h1-4,6-8,10-14,21,23H,5,9,15-16H2,(H,24,26). The van der Waals surface area contributed by atoms with Gasteiger partial charge in [0.05, 0.1) is 12.6 Å². The highest BCUT2D eigenvalue weighted by molar-refractivity contribution is 5.92. The molecule has 2 heterocycles. The number of hydrogen-bond acceptors (Lipinski definition) is 3. The molecule has 3 aromatic rings. The van der Waals surface area contributed by atoms with Gasteiger partial charge in [-0.15, -0.1) is 0 Å². The Morgan fingerprint density at radius 1 is 1.04 bits per heavy atom. The van der Waals surface area contributed by atoms with Gasteiger partial charge in [-0.2, -0.15) is 0 Å². The molecule has 138 valence electrons. The predicted molar refractivity (Wildman–Crippen MR) is 106 cm³/mol. The molecule has 1 aliphatic rings. The number of H-pyrrole nitrogens is 1. The molecule has 1 atom stereocenters. The van der Waals surface area contributed by atoms with E-state index in [2.05, 4.69) is 21.3 Å². The van der Waals surface area contributed by atoms with Gasteiger partial charge >= 0.3 is 0 Å². The van der Waals surface area contributed by atoms with Gasteiger partial charge in [0, 0.05) is 17.6 Å². The maximum atomic E-state index is 12.5. The predicted octanol–water partition coefficient (Wildman–Crippen LogP) is 4.58. The molecule has 0 spiro atoms. The average molecular weight is 361 g/mol. The van der Waals surface area contributed by atoms with Crippen LogP contribution >= 0.6 is 0 Å². The van der Waals surface area contributed by atoms with Crippen LogP contribution in [0.5, 0.6) is 11.5 Å². The summed E-state index contributed by atoms with van der Waals surface area (Å²) < 4.78 is 5.78. The summed E-state index contributed by atoms with van der Waals surface area (Å²) in [6.07, 6.45) is 4.13. The Morgan fingerprint density at radius 2 is 1.81 bits per heavy atom. The first-order chi connectivity index (χ1) is 13.3. The lowest BCUT2D eigenvalue weighted by atomic mass is 10.1. The number of aromatic amines is 1. The number of hydrogen-bond donors (Lipinski definition) is 2. The Balaban J connectivity index is 1.33. The van der Waals surface area contributed by atoms with Gasteiger partial charge in [-0.3, -0.25) is 9.69 Å². The van der Waals surface area contributed by atoms with E-state index in [-0.39, 0.29) is 5.91 Å². The molecule has 27 heavy (non-hydrogen) atoms. The summed E-state index contributed by atoms with van der Waals surface area (Å²) >= 11 is 0. The molecule has 1 amide bonds. The highest BCUT2D eigenvalue weighted by Crippen LogP contribution is 2.30. The average Bonchev–Trinajstić information content (AvgIpc) is 3.36. The lowest BCUT2D eigenvalue weighted by Gasteiger charge is -2.23.